The molecule has 0 radical (unpaired) electrons. The normalized spacial score (nSPS) is 13.3. The number of carbonyl (C=O) groups excluding carboxylic acids is 1. The van der Waals surface area contributed by atoms with Crippen molar-refractivity contribution in [1.29, 1.82) is 0 Å². The van der Waals surface area contributed by atoms with Gasteiger partial charge < -0.3 is 16.2 Å². The van der Waals surface area contributed by atoms with Gasteiger partial charge in [-0.25, -0.2) is 9.18 Å². The second kappa shape index (κ2) is 10.2. The Bertz CT molecular complexity index is 528. The van der Waals surface area contributed by atoms with E-state index in [0.29, 0.717) is 19.3 Å². The molecule has 0 fully saturated rings. The summed E-state index contributed by atoms with van der Waals surface area (Å²) in [6.07, 6.45) is 3.77. The molecule has 128 valence electrons. The minimum atomic E-state index is -1.09. The average molecular weight is 342 g/mol. The Hall–Kier alpha value is -1.60. The van der Waals surface area contributed by atoms with Crippen molar-refractivity contribution in [3.8, 4) is 0 Å². The standard InChI is InChI=1S/C16H23FN2O3S/c1-23-9-8-13(18)15(20)19-14(16(21)22)7-3-5-11-4-2-6-12(17)10-11/h2,4,6,10,13-14H,3,5,7-9,18H2,1H3,(H,19,20)(H,21,22)/t13-,14?/m0/s1. The smallest absolute Gasteiger partial charge is 0.326 e. The second-order valence-corrected chi connectivity index (χ2v) is 6.30. The summed E-state index contributed by atoms with van der Waals surface area (Å²) in [5.74, 6) is -1.11. The number of carboxylic acid groups (broad SMARTS) is 1. The third-order valence-corrected chi connectivity index (χ3v) is 4.08. The zero-order valence-corrected chi connectivity index (χ0v) is 13.9. The van der Waals surface area contributed by atoms with Crippen LogP contribution in [0.25, 0.3) is 0 Å². The summed E-state index contributed by atoms with van der Waals surface area (Å²) in [7, 11) is 0. The molecule has 0 aliphatic rings. The average Bonchev–Trinajstić information content (AvgIpc) is 2.51. The molecule has 0 spiro atoms. The Balaban J connectivity index is 2.45. The Morgan fingerprint density at radius 2 is 2.13 bits per heavy atom. The maximum atomic E-state index is 13.1. The molecule has 1 amide bonds. The number of nitrogens with one attached hydrogen (secondary N) is 1. The highest BCUT2D eigenvalue weighted by atomic mass is 32.2. The van der Waals surface area contributed by atoms with E-state index in [1.807, 2.05) is 6.26 Å². The number of hydrogen-bond donors (Lipinski definition) is 3. The highest BCUT2D eigenvalue weighted by molar-refractivity contribution is 7.98. The van der Waals surface area contributed by atoms with Crippen LogP contribution in [0.15, 0.2) is 24.3 Å². The van der Waals surface area contributed by atoms with Crippen molar-refractivity contribution in [3.05, 3.63) is 35.6 Å². The largest absolute Gasteiger partial charge is 0.480 e. The lowest BCUT2D eigenvalue weighted by Gasteiger charge is -2.17. The summed E-state index contributed by atoms with van der Waals surface area (Å²) >= 11 is 1.58. The number of amides is 1. The lowest BCUT2D eigenvalue weighted by molar-refractivity contribution is -0.142. The van der Waals surface area contributed by atoms with Gasteiger partial charge in [-0.15, -0.1) is 0 Å². The molecule has 0 bridgehead atoms. The van der Waals surface area contributed by atoms with Gasteiger partial charge >= 0.3 is 5.97 Å². The number of rotatable bonds is 10. The lowest BCUT2D eigenvalue weighted by Crippen LogP contribution is -2.48. The van der Waals surface area contributed by atoms with Crippen molar-refractivity contribution in [2.45, 2.75) is 37.8 Å². The van der Waals surface area contributed by atoms with Gasteiger partial charge in [0.2, 0.25) is 5.91 Å². The summed E-state index contributed by atoms with van der Waals surface area (Å²) in [5, 5.41) is 11.7. The van der Waals surface area contributed by atoms with Gasteiger partial charge in [0, 0.05) is 0 Å². The van der Waals surface area contributed by atoms with Crippen molar-refractivity contribution in [1.82, 2.24) is 5.32 Å². The van der Waals surface area contributed by atoms with E-state index >= 15 is 0 Å². The van der Waals surface area contributed by atoms with Gasteiger partial charge in [-0.2, -0.15) is 11.8 Å². The first-order valence-corrected chi connectivity index (χ1v) is 8.85. The summed E-state index contributed by atoms with van der Waals surface area (Å²) in [5.41, 5.74) is 6.53. The van der Waals surface area contributed by atoms with E-state index in [1.165, 1.54) is 12.1 Å². The zero-order chi connectivity index (χ0) is 17.2. The summed E-state index contributed by atoms with van der Waals surface area (Å²) in [6, 6.07) is 4.51. The van der Waals surface area contributed by atoms with Gasteiger partial charge in [-0.3, -0.25) is 4.79 Å². The second-order valence-electron chi connectivity index (χ2n) is 5.31. The van der Waals surface area contributed by atoms with E-state index in [2.05, 4.69) is 5.32 Å². The van der Waals surface area contributed by atoms with E-state index in [9.17, 15) is 19.1 Å². The van der Waals surface area contributed by atoms with Crippen molar-refractivity contribution in [3.63, 3.8) is 0 Å². The molecule has 0 saturated heterocycles. The fraction of sp³-hybridized carbons (Fsp3) is 0.500. The Kier molecular flexibility index (Phi) is 8.65. The first-order valence-electron chi connectivity index (χ1n) is 7.46. The van der Waals surface area contributed by atoms with Crippen molar-refractivity contribution >= 4 is 23.6 Å². The number of aryl methyl sites for hydroxylation is 1. The van der Waals surface area contributed by atoms with Crippen LogP contribution in [0.4, 0.5) is 4.39 Å². The predicted molar refractivity (Wildman–Crippen MR) is 89.9 cm³/mol. The minimum absolute atomic E-state index is 0.271. The number of hydrogen-bond acceptors (Lipinski definition) is 4. The highest BCUT2D eigenvalue weighted by Crippen LogP contribution is 2.09. The van der Waals surface area contributed by atoms with E-state index in [-0.39, 0.29) is 12.2 Å². The Morgan fingerprint density at radius 1 is 1.39 bits per heavy atom. The molecule has 2 atom stereocenters. The topological polar surface area (TPSA) is 92.4 Å². The van der Waals surface area contributed by atoms with E-state index in [0.717, 1.165) is 11.3 Å². The molecule has 0 heterocycles. The number of carboxylic acids is 1. The minimum Gasteiger partial charge on any atom is -0.480 e. The van der Waals surface area contributed by atoms with E-state index in [4.69, 9.17) is 5.73 Å². The van der Waals surface area contributed by atoms with Crippen LogP contribution in [-0.2, 0) is 16.0 Å². The summed E-state index contributed by atoms with van der Waals surface area (Å²) < 4.78 is 13.1. The maximum Gasteiger partial charge on any atom is 0.326 e. The molecular weight excluding hydrogens is 319 g/mol. The molecule has 23 heavy (non-hydrogen) atoms. The highest BCUT2D eigenvalue weighted by Gasteiger charge is 2.22. The van der Waals surface area contributed by atoms with Crippen LogP contribution < -0.4 is 11.1 Å². The zero-order valence-electron chi connectivity index (χ0n) is 13.1. The number of aliphatic carboxylic acids is 1. The molecule has 4 N–H and O–H groups in total. The van der Waals surface area contributed by atoms with E-state index < -0.39 is 24.0 Å². The van der Waals surface area contributed by atoms with Gasteiger partial charge in [0.15, 0.2) is 0 Å². The van der Waals surface area contributed by atoms with Crippen LogP contribution in [0.2, 0.25) is 0 Å². The molecule has 0 saturated carbocycles. The van der Waals surface area contributed by atoms with Crippen molar-refractivity contribution < 1.29 is 19.1 Å². The Morgan fingerprint density at radius 3 is 2.74 bits per heavy atom. The summed E-state index contributed by atoms with van der Waals surface area (Å²) in [4.78, 5) is 23.1. The number of thioether (sulfide) groups is 1. The first kappa shape index (κ1) is 19.4. The van der Waals surface area contributed by atoms with Crippen LogP contribution in [0.3, 0.4) is 0 Å². The molecule has 1 aromatic carbocycles. The van der Waals surface area contributed by atoms with E-state index in [1.54, 1.807) is 23.9 Å². The fourth-order valence-corrected chi connectivity index (χ4v) is 2.60. The lowest BCUT2D eigenvalue weighted by atomic mass is 10.0. The van der Waals surface area contributed by atoms with Crippen LogP contribution in [-0.4, -0.2) is 41.1 Å². The molecule has 1 rings (SSSR count). The number of nitrogens with two attached hydrogens (primary N) is 1. The van der Waals surface area contributed by atoms with Gasteiger partial charge in [0.05, 0.1) is 6.04 Å². The van der Waals surface area contributed by atoms with Crippen molar-refractivity contribution in [2.75, 3.05) is 12.0 Å². The van der Waals surface area contributed by atoms with Crippen molar-refractivity contribution in [2.24, 2.45) is 5.73 Å². The molecule has 0 aromatic heterocycles. The van der Waals surface area contributed by atoms with Crippen LogP contribution in [0.1, 0.15) is 24.8 Å². The molecule has 7 heteroatoms. The predicted octanol–water partition coefficient (Wildman–Crippen LogP) is 1.80. The molecular formula is C16H23FN2O3S. The van der Waals surface area contributed by atoms with Gasteiger partial charge in [0.25, 0.3) is 0 Å². The number of carbonyl (C=O) groups is 2. The van der Waals surface area contributed by atoms with Gasteiger partial charge in [-0.05, 0) is 55.4 Å². The first-order chi connectivity index (χ1) is 10.9. The maximum absolute atomic E-state index is 13.1. The molecule has 5 nitrogen and oxygen atoms in total. The van der Waals surface area contributed by atoms with Crippen LogP contribution >= 0.6 is 11.8 Å². The van der Waals surface area contributed by atoms with Crippen LogP contribution in [0.5, 0.6) is 0 Å². The van der Waals surface area contributed by atoms with Gasteiger partial charge in [-0.1, -0.05) is 12.1 Å². The third-order valence-electron chi connectivity index (χ3n) is 3.43. The van der Waals surface area contributed by atoms with Gasteiger partial charge in [0.1, 0.15) is 11.9 Å². The molecule has 0 aliphatic heterocycles. The molecule has 0 aliphatic carbocycles. The quantitative estimate of drug-likeness (QED) is 0.603. The Labute approximate surface area is 139 Å². The fourth-order valence-electron chi connectivity index (χ4n) is 2.11. The van der Waals surface area contributed by atoms with Crippen LogP contribution in [0, 0.1) is 5.82 Å². The monoisotopic (exact) mass is 342 g/mol. The molecule has 1 unspecified atom stereocenters. The number of benzene rings is 1. The molecule has 1 aromatic rings. The summed E-state index contributed by atoms with van der Waals surface area (Å²) in [6.45, 7) is 0. The SMILES string of the molecule is CSCC[C@H](N)C(=O)NC(CCCc1cccc(F)c1)C(=O)O. The third kappa shape index (κ3) is 7.47. The number of halogens is 1.